The van der Waals surface area contributed by atoms with Gasteiger partial charge < -0.3 is 14.7 Å². The lowest BCUT2D eigenvalue weighted by molar-refractivity contribution is 0.0323. The van der Waals surface area contributed by atoms with Gasteiger partial charge in [-0.15, -0.1) is 23.7 Å². The zero-order chi connectivity index (χ0) is 11.3. The number of hydrogen-bond donors (Lipinski definition) is 1. The van der Waals surface area contributed by atoms with Crippen molar-refractivity contribution in [3.8, 4) is 0 Å². The fourth-order valence-corrected chi connectivity index (χ4v) is 2.06. The fraction of sp³-hybridized carbons (Fsp3) is 0.600. The van der Waals surface area contributed by atoms with Gasteiger partial charge in [-0.3, -0.25) is 0 Å². The van der Waals surface area contributed by atoms with E-state index in [0.29, 0.717) is 17.6 Å². The molecule has 0 aliphatic carbocycles. The number of nitrogens with zero attached hydrogens (tertiary/aromatic N) is 1. The molecular formula is C10H17Cl2NO2S. The second-order valence-electron chi connectivity index (χ2n) is 3.54. The van der Waals surface area contributed by atoms with E-state index in [4.69, 9.17) is 16.3 Å². The summed E-state index contributed by atoms with van der Waals surface area (Å²) in [6.45, 7) is 1.81. The lowest BCUT2D eigenvalue weighted by Crippen LogP contribution is -2.19. The number of aliphatic hydroxyl groups excluding tert-OH is 1. The largest absolute Gasteiger partial charge is 0.385 e. The van der Waals surface area contributed by atoms with Crippen LogP contribution in [0.2, 0.25) is 4.34 Å². The summed E-state index contributed by atoms with van der Waals surface area (Å²) in [7, 11) is 3.97. The molecule has 1 aromatic rings. The number of thiophene rings is 1. The Hall–Kier alpha value is 0.160. The minimum absolute atomic E-state index is 0. The summed E-state index contributed by atoms with van der Waals surface area (Å²) in [5.41, 5.74) is 0. The second-order valence-corrected chi connectivity index (χ2v) is 5.28. The lowest BCUT2D eigenvalue weighted by atomic mass is 10.3. The van der Waals surface area contributed by atoms with Crippen LogP contribution in [0.4, 0.5) is 0 Å². The minimum atomic E-state index is -0.565. The highest BCUT2D eigenvalue weighted by molar-refractivity contribution is 7.16. The molecule has 0 aliphatic heterocycles. The molecule has 1 unspecified atom stereocenters. The van der Waals surface area contributed by atoms with Crippen LogP contribution in [0.25, 0.3) is 0 Å². The third-order valence-corrected chi connectivity index (χ3v) is 3.21. The molecule has 6 heteroatoms. The Morgan fingerprint density at radius 3 is 2.69 bits per heavy atom. The summed E-state index contributed by atoms with van der Waals surface area (Å²) >= 11 is 7.15. The Bertz CT molecular complexity index is 294. The number of rotatable bonds is 6. The van der Waals surface area contributed by atoms with Crippen molar-refractivity contribution in [1.29, 1.82) is 0 Å². The van der Waals surface area contributed by atoms with E-state index in [1.807, 2.05) is 25.1 Å². The van der Waals surface area contributed by atoms with Crippen LogP contribution >= 0.6 is 35.3 Å². The van der Waals surface area contributed by atoms with Crippen LogP contribution < -0.4 is 0 Å². The molecule has 1 atom stereocenters. The van der Waals surface area contributed by atoms with Crippen LogP contribution in [0.1, 0.15) is 11.0 Å². The van der Waals surface area contributed by atoms with Gasteiger partial charge in [-0.2, -0.15) is 0 Å². The van der Waals surface area contributed by atoms with Gasteiger partial charge in [0.05, 0.1) is 17.6 Å². The zero-order valence-electron chi connectivity index (χ0n) is 9.35. The highest BCUT2D eigenvalue weighted by Gasteiger charge is 2.09. The van der Waals surface area contributed by atoms with Crippen molar-refractivity contribution in [2.24, 2.45) is 0 Å². The topological polar surface area (TPSA) is 32.7 Å². The Kier molecular flexibility index (Phi) is 8.36. The van der Waals surface area contributed by atoms with Gasteiger partial charge in [0.15, 0.2) is 0 Å². The van der Waals surface area contributed by atoms with Crippen molar-refractivity contribution in [3.63, 3.8) is 0 Å². The predicted molar refractivity (Wildman–Crippen MR) is 70.9 cm³/mol. The van der Waals surface area contributed by atoms with E-state index < -0.39 is 6.10 Å². The number of likely N-dealkylation sites (N-methyl/N-ethyl adjacent to an activating group) is 1. The van der Waals surface area contributed by atoms with E-state index in [9.17, 15) is 5.11 Å². The SMILES string of the molecule is CN(C)CCOCC(O)c1ccc(Cl)s1.Cl. The van der Waals surface area contributed by atoms with Gasteiger partial charge in [0.25, 0.3) is 0 Å². The molecule has 94 valence electrons. The number of aliphatic hydroxyl groups is 1. The summed E-state index contributed by atoms with van der Waals surface area (Å²) < 4.78 is 6.03. The molecule has 1 heterocycles. The van der Waals surface area contributed by atoms with Crippen molar-refractivity contribution >= 4 is 35.3 Å². The standard InChI is InChI=1S/C10H16ClNO2S.ClH/c1-12(2)5-6-14-7-8(13)9-3-4-10(11)15-9;/h3-4,8,13H,5-7H2,1-2H3;1H. The molecule has 0 bridgehead atoms. The van der Waals surface area contributed by atoms with E-state index in [2.05, 4.69) is 0 Å². The van der Waals surface area contributed by atoms with Gasteiger partial charge in [0, 0.05) is 11.4 Å². The maximum atomic E-state index is 9.71. The average molecular weight is 286 g/mol. The van der Waals surface area contributed by atoms with E-state index in [1.165, 1.54) is 11.3 Å². The van der Waals surface area contributed by atoms with Crippen molar-refractivity contribution in [3.05, 3.63) is 21.3 Å². The quantitative estimate of drug-likeness (QED) is 0.815. The molecule has 16 heavy (non-hydrogen) atoms. The van der Waals surface area contributed by atoms with E-state index in [0.717, 1.165) is 11.4 Å². The molecule has 1 N–H and O–H groups in total. The molecule has 3 nitrogen and oxygen atoms in total. The molecule has 0 aromatic carbocycles. The summed E-state index contributed by atoms with van der Waals surface area (Å²) in [6, 6.07) is 3.61. The van der Waals surface area contributed by atoms with Crippen LogP contribution in [-0.4, -0.2) is 43.9 Å². The summed E-state index contributed by atoms with van der Waals surface area (Å²) in [6.07, 6.45) is -0.565. The van der Waals surface area contributed by atoms with Gasteiger partial charge in [-0.1, -0.05) is 11.6 Å². The third-order valence-electron chi connectivity index (χ3n) is 1.88. The van der Waals surface area contributed by atoms with Crippen LogP contribution in [0.3, 0.4) is 0 Å². The second kappa shape index (κ2) is 8.28. The van der Waals surface area contributed by atoms with Crippen LogP contribution in [-0.2, 0) is 4.74 Å². The molecular weight excluding hydrogens is 269 g/mol. The Morgan fingerprint density at radius 2 is 2.19 bits per heavy atom. The lowest BCUT2D eigenvalue weighted by Gasteiger charge is -2.12. The fourth-order valence-electron chi connectivity index (χ4n) is 1.03. The summed E-state index contributed by atoms with van der Waals surface area (Å²) in [4.78, 5) is 2.89. The Morgan fingerprint density at radius 1 is 1.50 bits per heavy atom. The Labute approximate surface area is 111 Å². The molecule has 0 saturated heterocycles. The maximum Gasteiger partial charge on any atom is 0.111 e. The molecule has 0 aliphatic rings. The number of ether oxygens (including phenoxy) is 1. The molecule has 0 fully saturated rings. The zero-order valence-corrected chi connectivity index (χ0v) is 11.7. The predicted octanol–water partition coefficient (Wildman–Crippen LogP) is 2.43. The minimum Gasteiger partial charge on any atom is -0.385 e. The normalized spacial score (nSPS) is 12.6. The van der Waals surface area contributed by atoms with E-state index in [1.54, 1.807) is 6.07 Å². The third kappa shape index (κ3) is 6.03. The molecule has 0 saturated carbocycles. The van der Waals surface area contributed by atoms with Gasteiger partial charge in [-0.25, -0.2) is 0 Å². The molecule has 0 radical (unpaired) electrons. The first-order valence-corrected chi connectivity index (χ1v) is 5.95. The molecule has 0 spiro atoms. The average Bonchev–Trinajstić information content (AvgIpc) is 2.59. The van der Waals surface area contributed by atoms with Crippen molar-refractivity contribution in [2.75, 3.05) is 33.9 Å². The Balaban J connectivity index is 0.00000225. The maximum absolute atomic E-state index is 9.71. The first-order chi connectivity index (χ1) is 7.09. The van der Waals surface area contributed by atoms with Crippen LogP contribution in [0.15, 0.2) is 12.1 Å². The first-order valence-electron chi connectivity index (χ1n) is 4.75. The van der Waals surface area contributed by atoms with Crippen LogP contribution in [0.5, 0.6) is 0 Å². The van der Waals surface area contributed by atoms with Crippen molar-refractivity contribution in [2.45, 2.75) is 6.10 Å². The van der Waals surface area contributed by atoms with Crippen molar-refractivity contribution in [1.82, 2.24) is 4.90 Å². The van der Waals surface area contributed by atoms with Gasteiger partial charge >= 0.3 is 0 Å². The molecule has 1 rings (SSSR count). The number of halogens is 2. The van der Waals surface area contributed by atoms with Gasteiger partial charge in [0.2, 0.25) is 0 Å². The summed E-state index contributed by atoms with van der Waals surface area (Å²) in [5.74, 6) is 0. The van der Waals surface area contributed by atoms with Crippen LogP contribution in [0, 0.1) is 0 Å². The highest BCUT2D eigenvalue weighted by atomic mass is 35.5. The summed E-state index contributed by atoms with van der Waals surface area (Å²) in [5, 5.41) is 9.71. The first kappa shape index (κ1) is 16.2. The molecule has 0 amide bonds. The smallest absolute Gasteiger partial charge is 0.111 e. The van der Waals surface area contributed by atoms with E-state index in [-0.39, 0.29) is 12.4 Å². The van der Waals surface area contributed by atoms with Crippen molar-refractivity contribution < 1.29 is 9.84 Å². The van der Waals surface area contributed by atoms with Gasteiger partial charge in [0.1, 0.15) is 6.10 Å². The molecule has 1 aromatic heterocycles. The van der Waals surface area contributed by atoms with Gasteiger partial charge in [-0.05, 0) is 26.2 Å². The highest BCUT2D eigenvalue weighted by Crippen LogP contribution is 2.26. The monoisotopic (exact) mass is 285 g/mol. The van der Waals surface area contributed by atoms with E-state index >= 15 is 0 Å². The number of hydrogen-bond acceptors (Lipinski definition) is 4.